The van der Waals surface area contributed by atoms with Crippen LogP contribution in [0.1, 0.15) is 18.9 Å². The van der Waals surface area contributed by atoms with Crippen molar-refractivity contribution in [3.8, 4) is 0 Å². The molecule has 3 nitrogen and oxygen atoms in total. The lowest BCUT2D eigenvalue weighted by Crippen LogP contribution is -2.35. The number of carboxylic acids is 1. The maximum atomic E-state index is 10.4. The maximum Gasteiger partial charge on any atom is 0.305 e. The summed E-state index contributed by atoms with van der Waals surface area (Å²) in [6.07, 6.45) is -0.0380. The van der Waals surface area contributed by atoms with Gasteiger partial charge < -0.3 is 10.8 Å². The minimum Gasteiger partial charge on any atom is -0.481 e. The van der Waals surface area contributed by atoms with Gasteiger partial charge >= 0.3 is 5.97 Å². The first-order valence-electron chi connectivity index (χ1n) is 3.56. The number of thiophene rings is 1. The lowest BCUT2D eigenvalue weighted by molar-refractivity contribution is -0.138. The standard InChI is InChI=1S/C8H11NO2S/c1-8(9,4-7(10)11)6-2-3-12-5-6/h2-3,5H,4,9H2,1H3,(H,10,11)/t8-/m1/s1. The van der Waals surface area contributed by atoms with Crippen LogP contribution in [0.4, 0.5) is 0 Å². The Bertz CT molecular complexity index is 267. The quantitative estimate of drug-likeness (QED) is 0.748. The van der Waals surface area contributed by atoms with E-state index in [0.29, 0.717) is 0 Å². The summed E-state index contributed by atoms with van der Waals surface area (Å²) in [7, 11) is 0. The molecule has 0 unspecified atom stereocenters. The number of carboxylic acid groups (broad SMARTS) is 1. The summed E-state index contributed by atoms with van der Waals surface area (Å²) in [5.41, 5.74) is 5.95. The van der Waals surface area contributed by atoms with Gasteiger partial charge in [-0.3, -0.25) is 4.79 Å². The predicted molar refractivity (Wildman–Crippen MR) is 48.1 cm³/mol. The third-order valence-corrected chi connectivity index (χ3v) is 2.38. The Morgan fingerprint density at radius 2 is 2.50 bits per heavy atom. The van der Waals surface area contributed by atoms with Crippen molar-refractivity contribution in [1.82, 2.24) is 0 Å². The number of hydrogen-bond donors (Lipinski definition) is 2. The van der Waals surface area contributed by atoms with Crippen molar-refractivity contribution in [1.29, 1.82) is 0 Å². The van der Waals surface area contributed by atoms with Crippen LogP contribution < -0.4 is 5.73 Å². The molecule has 0 aliphatic heterocycles. The fraction of sp³-hybridized carbons (Fsp3) is 0.375. The van der Waals surface area contributed by atoms with E-state index >= 15 is 0 Å². The Balaban J connectivity index is 2.79. The third-order valence-electron chi connectivity index (χ3n) is 1.70. The molecule has 3 N–H and O–H groups in total. The molecule has 1 aromatic heterocycles. The molecule has 4 heteroatoms. The van der Waals surface area contributed by atoms with Crippen LogP contribution in [0.15, 0.2) is 16.8 Å². The summed E-state index contributed by atoms with van der Waals surface area (Å²) in [6.45, 7) is 1.73. The molecule has 1 aromatic rings. The van der Waals surface area contributed by atoms with Gasteiger partial charge in [-0.2, -0.15) is 11.3 Å². The van der Waals surface area contributed by atoms with Crippen LogP contribution in [0, 0.1) is 0 Å². The fourth-order valence-electron chi connectivity index (χ4n) is 1.01. The van der Waals surface area contributed by atoms with Gasteiger partial charge in [-0.15, -0.1) is 0 Å². The Labute approximate surface area is 74.8 Å². The van der Waals surface area contributed by atoms with E-state index in [9.17, 15) is 4.79 Å². The minimum absolute atomic E-state index is 0.0380. The molecule has 0 amide bonds. The second-order valence-corrected chi connectivity index (χ2v) is 3.78. The molecule has 0 saturated heterocycles. The molecule has 0 aliphatic carbocycles. The highest BCUT2D eigenvalue weighted by molar-refractivity contribution is 7.08. The molecule has 1 atom stereocenters. The first kappa shape index (κ1) is 9.22. The van der Waals surface area contributed by atoms with E-state index in [-0.39, 0.29) is 6.42 Å². The van der Waals surface area contributed by atoms with Gasteiger partial charge in [0.15, 0.2) is 0 Å². The van der Waals surface area contributed by atoms with Gasteiger partial charge in [0.2, 0.25) is 0 Å². The van der Waals surface area contributed by atoms with Gasteiger partial charge in [0, 0.05) is 5.54 Å². The summed E-state index contributed by atoms with van der Waals surface area (Å²) >= 11 is 1.52. The van der Waals surface area contributed by atoms with Gasteiger partial charge in [-0.05, 0) is 29.3 Å². The molecule has 66 valence electrons. The molecule has 1 heterocycles. The Morgan fingerprint density at radius 1 is 1.83 bits per heavy atom. The van der Waals surface area contributed by atoms with Crippen LogP contribution in [0.25, 0.3) is 0 Å². The molecule has 0 radical (unpaired) electrons. The molecule has 0 spiro atoms. The van der Waals surface area contributed by atoms with Crippen molar-refractivity contribution < 1.29 is 9.90 Å². The van der Waals surface area contributed by atoms with Crippen LogP contribution in [0.2, 0.25) is 0 Å². The Kier molecular flexibility index (Phi) is 2.49. The zero-order chi connectivity index (χ0) is 9.19. The lowest BCUT2D eigenvalue weighted by Gasteiger charge is -2.20. The number of rotatable bonds is 3. The summed E-state index contributed by atoms with van der Waals surface area (Å²) < 4.78 is 0. The lowest BCUT2D eigenvalue weighted by atomic mass is 9.92. The zero-order valence-corrected chi connectivity index (χ0v) is 7.60. The molecule has 0 saturated carbocycles. The topological polar surface area (TPSA) is 63.3 Å². The van der Waals surface area contributed by atoms with Crippen LogP contribution in [-0.2, 0) is 10.3 Å². The first-order valence-corrected chi connectivity index (χ1v) is 4.50. The summed E-state index contributed by atoms with van der Waals surface area (Å²) in [5, 5.41) is 12.3. The molecule has 0 bridgehead atoms. The molecular weight excluding hydrogens is 174 g/mol. The highest BCUT2D eigenvalue weighted by atomic mass is 32.1. The summed E-state index contributed by atoms with van der Waals surface area (Å²) in [6, 6.07) is 1.85. The average molecular weight is 185 g/mol. The first-order chi connectivity index (χ1) is 5.52. The summed E-state index contributed by atoms with van der Waals surface area (Å²) in [4.78, 5) is 10.4. The normalized spacial score (nSPS) is 15.5. The second kappa shape index (κ2) is 3.25. The molecule has 0 aliphatic rings. The zero-order valence-electron chi connectivity index (χ0n) is 6.78. The van der Waals surface area contributed by atoms with Gasteiger partial charge in [-0.25, -0.2) is 0 Å². The smallest absolute Gasteiger partial charge is 0.305 e. The van der Waals surface area contributed by atoms with Crippen LogP contribution in [0.3, 0.4) is 0 Å². The average Bonchev–Trinajstić information content (AvgIpc) is 2.32. The summed E-state index contributed by atoms with van der Waals surface area (Å²) in [5.74, 6) is -0.869. The van der Waals surface area contributed by atoms with Crippen molar-refractivity contribution in [3.63, 3.8) is 0 Å². The SMILES string of the molecule is C[C@@](N)(CC(=O)O)c1ccsc1. The van der Waals surface area contributed by atoms with Crippen LogP contribution >= 0.6 is 11.3 Å². The number of hydrogen-bond acceptors (Lipinski definition) is 3. The van der Waals surface area contributed by atoms with Gasteiger partial charge in [0.25, 0.3) is 0 Å². The largest absolute Gasteiger partial charge is 0.481 e. The van der Waals surface area contributed by atoms with Crippen molar-refractivity contribution in [2.24, 2.45) is 5.73 Å². The number of carbonyl (C=O) groups is 1. The predicted octanol–water partition coefficient (Wildman–Crippen LogP) is 1.40. The van der Waals surface area contributed by atoms with Crippen molar-refractivity contribution >= 4 is 17.3 Å². The molecule has 0 fully saturated rings. The number of aliphatic carboxylic acids is 1. The van der Waals surface area contributed by atoms with Crippen molar-refractivity contribution in [2.75, 3.05) is 0 Å². The van der Waals surface area contributed by atoms with E-state index in [2.05, 4.69) is 0 Å². The monoisotopic (exact) mass is 185 g/mol. The number of nitrogens with two attached hydrogens (primary N) is 1. The molecule has 1 rings (SSSR count). The van der Waals surface area contributed by atoms with Gasteiger partial charge in [0.05, 0.1) is 6.42 Å². The van der Waals surface area contributed by atoms with Crippen molar-refractivity contribution in [3.05, 3.63) is 22.4 Å². The highest BCUT2D eigenvalue weighted by Gasteiger charge is 2.24. The molecule has 12 heavy (non-hydrogen) atoms. The minimum atomic E-state index is -0.869. The van der Waals surface area contributed by atoms with E-state index in [0.717, 1.165) is 5.56 Å². The van der Waals surface area contributed by atoms with E-state index in [1.165, 1.54) is 11.3 Å². The van der Waals surface area contributed by atoms with E-state index in [4.69, 9.17) is 10.8 Å². The van der Waals surface area contributed by atoms with Gasteiger partial charge in [0.1, 0.15) is 0 Å². The van der Waals surface area contributed by atoms with Gasteiger partial charge in [-0.1, -0.05) is 0 Å². The highest BCUT2D eigenvalue weighted by Crippen LogP contribution is 2.23. The second-order valence-electron chi connectivity index (χ2n) is 3.00. The molecule has 0 aromatic carbocycles. The Morgan fingerprint density at radius 3 is 2.92 bits per heavy atom. The van der Waals surface area contributed by atoms with E-state index in [1.807, 2.05) is 16.8 Å². The van der Waals surface area contributed by atoms with E-state index < -0.39 is 11.5 Å². The van der Waals surface area contributed by atoms with Crippen molar-refractivity contribution in [2.45, 2.75) is 18.9 Å². The third kappa shape index (κ3) is 2.06. The fourth-order valence-corrected chi connectivity index (χ4v) is 1.80. The maximum absolute atomic E-state index is 10.4. The van der Waals surface area contributed by atoms with E-state index in [1.54, 1.807) is 6.92 Å². The Hall–Kier alpha value is -0.870. The molecular formula is C8H11NO2S. The van der Waals surface area contributed by atoms with Crippen LogP contribution in [-0.4, -0.2) is 11.1 Å². The van der Waals surface area contributed by atoms with Crippen LogP contribution in [0.5, 0.6) is 0 Å².